The molecule has 0 aromatic rings. The van der Waals surface area contributed by atoms with Crippen molar-refractivity contribution in [2.24, 2.45) is 0 Å². The zero-order valence-electron chi connectivity index (χ0n) is 6.19. The number of hydrogen-bond donors (Lipinski definition) is 0. The van der Waals surface area contributed by atoms with Gasteiger partial charge < -0.3 is 4.74 Å². The quantitative estimate of drug-likeness (QED) is 0.594. The standard InChI is InChI=1S/C7H11ClO2/c1-6(8)4-3-5-7(9)10-2/h4H,3,5H2,1-2H3/b6-4-. The first-order valence-corrected chi connectivity index (χ1v) is 3.43. The predicted molar refractivity (Wildman–Crippen MR) is 40.9 cm³/mol. The summed E-state index contributed by atoms with van der Waals surface area (Å²) in [6, 6.07) is 0. The molecule has 0 aromatic heterocycles. The zero-order valence-corrected chi connectivity index (χ0v) is 6.94. The molecule has 0 saturated carbocycles. The highest BCUT2D eigenvalue weighted by atomic mass is 35.5. The van der Waals surface area contributed by atoms with E-state index in [0.717, 1.165) is 0 Å². The Hall–Kier alpha value is -0.500. The molecule has 0 unspecified atom stereocenters. The second-order valence-electron chi connectivity index (χ2n) is 1.91. The van der Waals surface area contributed by atoms with Gasteiger partial charge in [0.1, 0.15) is 0 Å². The largest absolute Gasteiger partial charge is 0.469 e. The third-order valence-electron chi connectivity index (χ3n) is 1.00. The van der Waals surface area contributed by atoms with Crippen LogP contribution in [0.5, 0.6) is 0 Å². The van der Waals surface area contributed by atoms with E-state index < -0.39 is 0 Å². The molecule has 0 aromatic carbocycles. The molecule has 0 spiro atoms. The van der Waals surface area contributed by atoms with Crippen LogP contribution in [0, 0.1) is 0 Å². The smallest absolute Gasteiger partial charge is 0.305 e. The van der Waals surface area contributed by atoms with E-state index in [-0.39, 0.29) is 5.97 Å². The number of allylic oxidation sites excluding steroid dienone is 2. The Kier molecular flexibility index (Phi) is 5.03. The molecule has 58 valence electrons. The molecule has 0 bridgehead atoms. The molecule has 0 aliphatic carbocycles. The predicted octanol–water partition coefficient (Wildman–Crippen LogP) is 2.08. The van der Waals surface area contributed by atoms with Crippen LogP contribution in [0.3, 0.4) is 0 Å². The van der Waals surface area contributed by atoms with Gasteiger partial charge in [-0.3, -0.25) is 4.79 Å². The lowest BCUT2D eigenvalue weighted by molar-refractivity contribution is -0.140. The summed E-state index contributed by atoms with van der Waals surface area (Å²) < 4.78 is 4.42. The molecule has 0 radical (unpaired) electrons. The van der Waals surface area contributed by atoms with Crippen molar-refractivity contribution >= 4 is 17.6 Å². The molecule has 3 heteroatoms. The lowest BCUT2D eigenvalue weighted by Crippen LogP contribution is -1.97. The van der Waals surface area contributed by atoms with Gasteiger partial charge in [0.15, 0.2) is 0 Å². The lowest BCUT2D eigenvalue weighted by atomic mass is 10.3. The van der Waals surface area contributed by atoms with E-state index >= 15 is 0 Å². The van der Waals surface area contributed by atoms with Crippen molar-refractivity contribution in [3.05, 3.63) is 11.1 Å². The highest BCUT2D eigenvalue weighted by Crippen LogP contribution is 2.02. The molecular formula is C7H11ClO2. The van der Waals surface area contributed by atoms with Gasteiger partial charge in [-0.05, 0) is 13.3 Å². The molecule has 0 atom stereocenters. The maximum absolute atomic E-state index is 10.5. The van der Waals surface area contributed by atoms with Crippen LogP contribution in [-0.2, 0) is 9.53 Å². The fourth-order valence-corrected chi connectivity index (χ4v) is 0.600. The van der Waals surface area contributed by atoms with Crippen LogP contribution in [0.4, 0.5) is 0 Å². The molecule has 0 aliphatic rings. The van der Waals surface area contributed by atoms with Crippen molar-refractivity contribution in [1.82, 2.24) is 0 Å². The Morgan fingerprint density at radius 3 is 2.70 bits per heavy atom. The molecule has 0 amide bonds. The van der Waals surface area contributed by atoms with Crippen molar-refractivity contribution in [2.45, 2.75) is 19.8 Å². The van der Waals surface area contributed by atoms with Crippen LogP contribution in [0.25, 0.3) is 0 Å². The molecule has 0 saturated heterocycles. The minimum Gasteiger partial charge on any atom is -0.469 e. The Balaban J connectivity index is 3.37. The number of carbonyl (C=O) groups is 1. The van der Waals surface area contributed by atoms with Crippen LogP contribution >= 0.6 is 11.6 Å². The molecule has 2 nitrogen and oxygen atoms in total. The summed E-state index contributed by atoms with van der Waals surface area (Å²) in [4.78, 5) is 10.5. The van der Waals surface area contributed by atoms with Gasteiger partial charge in [0.2, 0.25) is 0 Å². The van der Waals surface area contributed by atoms with Gasteiger partial charge in [-0.2, -0.15) is 0 Å². The molecule has 0 fully saturated rings. The fourth-order valence-electron chi connectivity index (χ4n) is 0.491. The van der Waals surface area contributed by atoms with E-state index in [9.17, 15) is 4.79 Å². The Bertz CT molecular complexity index is 137. The zero-order chi connectivity index (χ0) is 7.98. The number of carbonyl (C=O) groups excluding carboxylic acids is 1. The van der Waals surface area contributed by atoms with Gasteiger partial charge in [0.25, 0.3) is 0 Å². The Morgan fingerprint density at radius 1 is 1.70 bits per heavy atom. The summed E-state index contributed by atoms with van der Waals surface area (Å²) in [5.74, 6) is -0.200. The maximum Gasteiger partial charge on any atom is 0.305 e. The van der Waals surface area contributed by atoms with Gasteiger partial charge in [-0.15, -0.1) is 0 Å². The molecule has 10 heavy (non-hydrogen) atoms. The van der Waals surface area contributed by atoms with E-state index in [4.69, 9.17) is 11.6 Å². The summed E-state index contributed by atoms with van der Waals surface area (Å²) in [7, 11) is 1.37. The number of esters is 1. The summed E-state index contributed by atoms with van der Waals surface area (Å²) in [5.41, 5.74) is 0. The average molecular weight is 163 g/mol. The fraction of sp³-hybridized carbons (Fsp3) is 0.571. The molecular weight excluding hydrogens is 152 g/mol. The number of methoxy groups -OCH3 is 1. The van der Waals surface area contributed by atoms with Gasteiger partial charge in [-0.25, -0.2) is 0 Å². The first-order valence-electron chi connectivity index (χ1n) is 3.06. The van der Waals surface area contributed by atoms with Gasteiger partial charge in [0, 0.05) is 11.5 Å². The van der Waals surface area contributed by atoms with Gasteiger partial charge in [-0.1, -0.05) is 17.7 Å². The van der Waals surface area contributed by atoms with E-state index in [1.807, 2.05) is 0 Å². The summed E-state index contributed by atoms with van der Waals surface area (Å²) >= 11 is 5.51. The molecule has 0 rings (SSSR count). The average Bonchev–Trinajstić information content (AvgIpc) is 1.87. The third kappa shape index (κ3) is 5.63. The number of halogens is 1. The van der Waals surface area contributed by atoms with Crippen LogP contribution < -0.4 is 0 Å². The number of ether oxygens (including phenoxy) is 1. The van der Waals surface area contributed by atoms with Crippen molar-refractivity contribution in [3.8, 4) is 0 Å². The van der Waals surface area contributed by atoms with Crippen LogP contribution in [0.1, 0.15) is 19.8 Å². The van der Waals surface area contributed by atoms with Gasteiger partial charge >= 0.3 is 5.97 Å². The monoisotopic (exact) mass is 162 g/mol. The van der Waals surface area contributed by atoms with Crippen molar-refractivity contribution in [3.63, 3.8) is 0 Å². The topological polar surface area (TPSA) is 26.3 Å². The summed E-state index contributed by atoms with van der Waals surface area (Å²) in [6.45, 7) is 1.78. The molecule has 0 N–H and O–H groups in total. The van der Waals surface area contributed by atoms with Crippen molar-refractivity contribution < 1.29 is 9.53 Å². The SMILES string of the molecule is COC(=O)CC/C=C(/C)Cl. The highest BCUT2D eigenvalue weighted by molar-refractivity contribution is 6.29. The van der Waals surface area contributed by atoms with Crippen LogP contribution in [0.15, 0.2) is 11.1 Å². The Morgan fingerprint density at radius 2 is 2.30 bits per heavy atom. The van der Waals surface area contributed by atoms with Crippen molar-refractivity contribution in [2.75, 3.05) is 7.11 Å². The summed E-state index contributed by atoms with van der Waals surface area (Å²) in [6.07, 6.45) is 2.85. The third-order valence-corrected chi connectivity index (χ3v) is 1.16. The summed E-state index contributed by atoms with van der Waals surface area (Å²) in [5, 5.41) is 0.712. The van der Waals surface area contributed by atoms with E-state index in [2.05, 4.69) is 4.74 Å². The maximum atomic E-state index is 10.5. The second kappa shape index (κ2) is 5.30. The van der Waals surface area contributed by atoms with Crippen LogP contribution in [0.2, 0.25) is 0 Å². The van der Waals surface area contributed by atoms with Crippen molar-refractivity contribution in [1.29, 1.82) is 0 Å². The highest BCUT2D eigenvalue weighted by Gasteiger charge is 1.95. The minimum absolute atomic E-state index is 0.200. The molecule has 0 aliphatic heterocycles. The minimum atomic E-state index is -0.200. The second-order valence-corrected chi connectivity index (χ2v) is 2.50. The van der Waals surface area contributed by atoms with E-state index in [1.165, 1.54) is 7.11 Å². The van der Waals surface area contributed by atoms with E-state index in [1.54, 1.807) is 13.0 Å². The van der Waals surface area contributed by atoms with Crippen LogP contribution in [-0.4, -0.2) is 13.1 Å². The van der Waals surface area contributed by atoms with E-state index in [0.29, 0.717) is 17.9 Å². The first kappa shape index (κ1) is 9.50. The Labute approximate surface area is 65.8 Å². The molecule has 0 heterocycles. The number of rotatable bonds is 3. The normalized spacial score (nSPS) is 11.3. The number of hydrogen-bond acceptors (Lipinski definition) is 2. The lowest BCUT2D eigenvalue weighted by Gasteiger charge is -1.93. The van der Waals surface area contributed by atoms with Gasteiger partial charge in [0.05, 0.1) is 7.11 Å². The first-order chi connectivity index (χ1) is 4.66.